The van der Waals surface area contributed by atoms with Gasteiger partial charge in [0, 0.05) is 11.1 Å². The molecule has 3 N–H and O–H groups in total. The Bertz CT molecular complexity index is 1230. The highest BCUT2D eigenvalue weighted by Gasteiger charge is 2.23. The molecule has 0 atom stereocenters. The number of amides is 2. The summed E-state index contributed by atoms with van der Waals surface area (Å²) < 4.78 is 10.5. The fourth-order valence-corrected chi connectivity index (χ4v) is 3.62. The summed E-state index contributed by atoms with van der Waals surface area (Å²) in [6, 6.07) is 4.36. The zero-order chi connectivity index (χ0) is 26.3. The Morgan fingerprint density at radius 3 is 2.29 bits per heavy atom. The molecule has 11 nitrogen and oxygen atoms in total. The van der Waals surface area contributed by atoms with Gasteiger partial charge in [-0.25, -0.2) is 9.89 Å². The fourth-order valence-electron chi connectivity index (χ4n) is 3.05. The van der Waals surface area contributed by atoms with Crippen molar-refractivity contribution in [1.29, 1.82) is 5.26 Å². The Kier molecular flexibility index (Phi) is 9.62. The van der Waals surface area contributed by atoms with Crippen molar-refractivity contribution in [2.75, 3.05) is 12.0 Å². The van der Waals surface area contributed by atoms with Gasteiger partial charge in [0.1, 0.15) is 6.07 Å². The number of hydrazone groups is 1. The maximum atomic E-state index is 12.3. The molecule has 35 heavy (non-hydrogen) atoms. The van der Waals surface area contributed by atoms with E-state index in [1.807, 2.05) is 33.0 Å². The van der Waals surface area contributed by atoms with E-state index in [-0.39, 0.29) is 51.4 Å². The number of aromatic nitrogens is 2. The average molecular weight is 523 g/mol. The van der Waals surface area contributed by atoms with Crippen LogP contribution in [0.15, 0.2) is 22.0 Å². The number of aromatic amines is 1. The highest BCUT2D eigenvalue weighted by Crippen LogP contribution is 2.40. The molecule has 0 aliphatic rings. The van der Waals surface area contributed by atoms with E-state index < -0.39 is 17.7 Å². The van der Waals surface area contributed by atoms with E-state index in [4.69, 9.17) is 33.2 Å². The maximum absolute atomic E-state index is 12.3. The number of imide groups is 1. The van der Waals surface area contributed by atoms with Gasteiger partial charge in [0.2, 0.25) is 11.6 Å². The van der Waals surface area contributed by atoms with Crippen LogP contribution >= 0.6 is 23.2 Å². The number of alkyl carbamates (subject to hydrolysis) is 1. The minimum atomic E-state index is -1.05. The van der Waals surface area contributed by atoms with Crippen molar-refractivity contribution in [3.63, 3.8) is 0 Å². The number of nitriles is 1. The minimum absolute atomic E-state index is 0.0494. The summed E-state index contributed by atoms with van der Waals surface area (Å²) in [4.78, 5) is 35.6. The molecule has 1 aromatic heterocycles. The summed E-state index contributed by atoms with van der Waals surface area (Å²) in [5.74, 6) is -0.961. The van der Waals surface area contributed by atoms with Gasteiger partial charge in [-0.15, -0.1) is 5.10 Å². The van der Waals surface area contributed by atoms with Gasteiger partial charge in [-0.2, -0.15) is 10.4 Å². The number of anilines is 1. The zero-order valence-electron chi connectivity index (χ0n) is 19.7. The standard InChI is InChI=1S/C22H24Cl2N6O5/c1-6-34-22(33)26-19(31)15(9-25)28-27-12-7-13(23)18(14(24)8-12)35-21-17(11(4)5)16(10(2)3)20(32)29-30-21/h7-8,10-11,27H,6H2,1-5H3,(H,29,32)(H,26,31,33)/b28-15-. The molecule has 2 amide bonds. The first-order valence-electron chi connectivity index (χ1n) is 10.5. The number of benzene rings is 1. The van der Waals surface area contributed by atoms with Crippen molar-refractivity contribution in [2.24, 2.45) is 5.10 Å². The summed E-state index contributed by atoms with van der Waals surface area (Å²) in [5.41, 5.74) is 2.96. The fraction of sp³-hybridized carbons (Fsp3) is 0.364. The van der Waals surface area contributed by atoms with Gasteiger partial charge in [0.15, 0.2) is 5.75 Å². The second-order valence-corrected chi connectivity index (χ2v) is 8.54. The van der Waals surface area contributed by atoms with Crippen molar-refractivity contribution < 1.29 is 19.1 Å². The topological polar surface area (TPSA) is 159 Å². The van der Waals surface area contributed by atoms with Crippen molar-refractivity contribution in [2.45, 2.75) is 46.5 Å². The Morgan fingerprint density at radius 2 is 1.77 bits per heavy atom. The molecule has 2 aromatic rings. The minimum Gasteiger partial charge on any atom is -0.450 e. The molecule has 1 aromatic carbocycles. The Labute approximate surface area is 211 Å². The van der Waals surface area contributed by atoms with Crippen LogP contribution in [0.4, 0.5) is 10.5 Å². The first-order chi connectivity index (χ1) is 16.5. The van der Waals surface area contributed by atoms with Crippen molar-refractivity contribution in [3.05, 3.63) is 43.7 Å². The molecular weight excluding hydrogens is 499 g/mol. The number of hydrogen-bond acceptors (Lipinski definition) is 9. The van der Waals surface area contributed by atoms with Gasteiger partial charge in [-0.1, -0.05) is 50.9 Å². The molecule has 1 heterocycles. The van der Waals surface area contributed by atoms with Crippen LogP contribution in [0, 0.1) is 11.3 Å². The van der Waals surface area contributed by atoms with Gasteiger partial charge < -0.3 is 9.47 Å². The molecule has 0 fully saturated rings. The lowest BCUT2D eigenvalue weighted by Gasteiger charge is -2.19. The van der Waals surface area contributed by atoms with Crippen LogP contribution in [0.2, 0.25) is 10.0 Å². The van der Waals surface area contributed by atoms with Gasteiger partial charge in [0.05, 0.1) is 22.3 Å². The number of nitrogens with one attached hydrogen (secondary N) is 3. The number of carbonyl (C=O) groups is 2. The van der Waals surface area contributed by atoms with Crippen LogP contribution < -0.4 is 21.0 Å². The number of ether oxygens (including phenoxy) is 2. The number of H-pyrrole nitrogens is 1. The van der Waals surface area contributed by atoms with E-state index in [1.165, 1.54) is 12.1 Å². The Hall–Kier alpha value is -3.62. The average Bonchev–Trinajstić information content (AvgIpc) is 2.76. The van der Waals surface area contributed by atoms with Crippen LogP contribution in [-0.2, 0) is 9.53 Å². The zero-order valence-corrected chi connectivity index (χ0v) is 21.2. The molecule has 0 aliphatic carbocycles. The highest BCUT2D eigenvalue weighted by atomic mass is 35.5. The SMILES string of the molecule is CCOC(=O)NC(=O)/C(C#N)=N\Nc1cc(Cl)c(Oc2n[nH]c(=O)c(C(C)C)c2C(C)C)c(Cl)c1. The summed E-state index contributed by atoms with van der Waals surface area (Å²) in [7, 11) is 0. The largest absolute Gasteiger partial charge is 0.450 e. The first kappa shape index (κ1) is 27.6. The lowest BCUT2D eigenvalue weighted by Crippen LogP contribution is -2.36. The van der Waals surface area contributed by atoms with E-state index in [0.29, 0.717) is 11.1 Å². The van der Waals surface area contributed by atoms with Crippen LogP contribution in [0.1, 0.15) is 57.6 Å². The van der Waals surface area contributed by atoms with Crippen LogP contribution in [-0.4, -0.2) is 34.5 Å². The van der Waals surface area contributed by atoms with Gasteiger partial charge >= 0.3 is 6.09 Å². The third-order valence-corrected chi connectivity index (χ3v) is 5.05. The van der Waals surface area contributed by atoms with Crippen molar-refractivity contribution in [1.82, 2.24) is 15.5 Å². The predicted octanol–water partition coefficient (Wildman–Crippen LogP) is 4.68. The third kappa shape index (κ3) is 6.94. The lowest BCUT2D eigenvalue weighted by molar-refractivity contribution is -0.114. The third-order valence-electron chi connectivity index (χ3n) is 4.48. The van der Waals surface area contributed by atoms with Crippen molar-refractivity contribution in [3.8, 4) is 17.7 Å². The number of halogens is 2. The second kappa shape index (κ2) is 12.2. The Balaban J connectivity index is 2.34. The van der Waals surface area contributed by atoms with E-state index in [2.05, 4.69) is 25.5 Å². The van der Waals surface area contributed by atoms with Crippen molar-refractivity contribution >= 4 is 46.6 Å². The summed E-state index contributed by atoms with van der Waals surface area (Å²) >= 11 is 12.7. The van der Waals surface area contributed by atoms with Gasteiger partial charge in [-0.3, -0.25) is 20.3 Å². The predicted molar refractivity (Wildman–Crippen MR) is 131 cm³/mol. The van der Waals surface area contributed by atoms with E-state index in [9.17, 15) is 14.4 Å². The van der Waals surface area contributed by atoms with Crippen LogP contribution in [0.3, 0.4) is 0 Å². The highest BCUT2D eigenvalue weighted by molar-refractivity contribution is 6.47. The monoisotopic (exact) mass is 522 g/mol. The van der Waals surface area contributed by atoms with Gasteiger partial charge in [-0.05, 0) is 30.9 Å². The molecule has 0 saturated heterocycles. The molecular formula is C22H24Cl2N6O5. The van der Waals surface area contributed by atoms with E-state index in [0.717, 1.165) is 0 Å². The molecule has 0 aliphatic heterocycles. The maximum Gasteiger partial charge on any atom is 0.414 e. The number of carbonyl (C=O) groups excluding carboxylic acids is 2. The van der Waals surface area contributed by atoms with Gasteiger partial charge in [0.25, 0.3) is 11.5 Å². The van der Waals surface area contributed by atoms with Crippen LogP contribution in [0.5, 0.6) is 11.6 Å². The lowest BCUT2D eigenvalue weighted by atomic mass is 9.93. The normalized spacial score (nSPS) is 11.3. The smallest absolute Gasteiger partial charge is 0.414 e. The molecule has 0 spiro atoms. The molecule has 2 rings (SSSR count). The molecule has 186 valence electrons. The summed E-state index contributed by atoms with van der Waals surface area (Å²) in [6.07, 6.45) is -1.01. The number of nitrogens with zero attached hydrogens (tertiary/aromatic N) is 3. The molecule has 13 heteroatoms. The quantitative estimate of drug-likeness (QED) is 0.332. The van der Waals surface area contributed by atoms with E-state index >= 15 is 0 Å². The first-order valence-corrected chi connectivity index (χ1v) is 11.3. The summed E-state index contributed by atoms with van der Waals surface area (Å²) in [6.45, 7) is 9.22. The second-order valence-electron chi connectivity index (χ2n) is 7.72. The van der Waals surface area contributed by atoms with Crippen LogP contribution in [0.25, 0.3) is 0 Å². The molecule has 0 bridgehead atoms. The number of rotatable bonds is 8. The van der Waals surface area contributed by atoms with E-state index in [1.54, 1.807) is 13.0 Å². The molecule has 0 radical (unpaired) electrons. The summed E-state index contributed by atoms with van der Waals surface area (Å²) in [5, 5.41) is 21.3. The molecule has 0 saturated carbocycles. The Morgan fingerprint density at radius 1 is 1.17 bits per heavy atom. The number of hydrogen-bond donors (Lipinski definition) is 3. The molecule has 0 unspecified atom stereocenters.